The van der Waals surface area contributed by atoms with Crippen LogP contribution in [0.4, 0.5) is 11.6 Å². The van der Waals surface area contributed by atoms with Crippen molar-refractivity contribution in [3.8, 4) is 11.4 Å². The zero-order valence-corrected chi connectivity index (χ0v) is 17.0. The Morgan fingerprint density at radius 3 is 2.57 bits per heavy atom. The maximum atomic E-state index is 4.74. The molecule has 1 fully saturated rings. The van der Waals surface area contributed by atoms with Crippen molar-refractivity contribution in [1.82, 2.24) is 29.8 Å². The Labute approximate surface area is 175 Å². The monoisotopic (exact) mass is 399 g/mol. The summed E-state index contributed by atoms with van der Waals surface area (Å²) in [6.45, 7) is 3.91. The number of hydrogen-bond donors (Lipinski definition) is 2. The second kappa shape index (κ2) is 8.20. The lowest BCUT2D eigenvalue weighted by Crippen LogP contribution is -2.19. The molecule has 3 aromatic heterocycles. The maximum absolute atomic E-state index is 4.74. The average Bonchev–Trinajstić information content (AvgIpc) is 3.54. The van der Waals surface area contributed by atoms with Gasteiger partial charge in [-0.3, -0.25) is 4.98 Å². The van der Waals surface area contributed by atoms with E-state index in [9.17, 15) is 0 Å². The van der Waals surface area contributed by atoms with Gasteiger partial charge in [-0.2, -0.15) is 4.98 Å². The van der Waals surface area contributed by atoms with Crippen LogP contribution in [0.15, 0.2) is 55.0 Å². The minimum atomic E-state index is 0.571. The van der Waals surface area contributed by atoms with Gasteiger partial charge in [-0.15, -0.1) is 0 Å². The molecule has 1 aromatic carbocycles. The highest BCUT2D eigenvalue weighted by molar-refractivity contribution is 5.77. The lowest BCUT2D eigenvalue weighted by Gasteiger charge is -2.08. The van der Waals surface area contributed by atoms with Crippen molar-refractivity contribution in [2.24, 2.45) is 0 Å². The fraction of sp³-hybridized carbons (Fsp3) is 0.304. The SMILES string of the molecule is CCn1c(-c2ccncc2)nc2cnc(Nc3ccc(CCNC4CC4)cc3)nc21. The first-order valence-electron chi connectivity index (χ1n) is 10.5. The Morgan fingerprint density at radius 2 is 1.83 bits per heavy atom. The lowest BCUT2D eigenvalue weighted by atomic mass is 10.1. The number of anilines is 2. The first kappa shape index (κ1) is 18.7. The van der Waals surface area contributed by atoms with Crippen molar-refractivity contribution >= 4 is 22.8 Å². The molecule has 0 amide bonds. The van der Waals surface area contributed by atoms with Crippen molar-refractivity contribution in [3.63, 3.8) is 0 Å². The number of hydrogen-bond acceptors (Lipinski definition) is 6. The zero-order chi connectivity index (χ0) is 20.3. The molecule has 4 aromatic rings. The van der Waals surface area contributed by atoms with Gasteiger partial charge in [0.15, 0.2) is 5.65 Å². The quantitative estimate of drug-likeness (QED) is 0.467. The molecule has 1 saturated carbocycles. The van der Waals surface area contributed by atoms with Crippen LogP contribution in [0, 0.1) is 0 Å². The molecule has 0 spiro atoms. The van der Waals surface area contributed by atoms with Crippen LogP contribution in [0.5, 0.6) is 0 Å². The van der Waals surface area contributed by atoms with E-state index in [1.165, 1.54) is 18.4 Å². The van der Waals surface area contributed by atoms with Gasteiger partial charge in [0.05, 0.1) is 6.20 Å². The second-order valence-electron chi connectivity index (χ2n) is 7.62. The van der Waals surface area contributed by atoms with Crippen LogP contribution in [0.25, 0.3) is 22.6 Å². The molecule has 0 radical (unpaired) electrons. The summed E-state index contributed by atoms with van der Waals surface area (Å²) in [4.78, 5) is 18.0. The van der Waals surface area contributed by atoms with E-state index < -0.39 is 0 Å². The molecular weight excluding hydrogens is 374 g/mol. The minimum absolute atomic E-state index is 0.571. The molecule has 0 atom stereocenters. The van der Waals surface area contributed by atoms with Crippen LogP contribution < -0.4 is 10.6 Å². The molecule has 0 unspecified atom stereocenters. The Bertz CT molecular complexity index is 1130. The van der Waals surface area contributed by atoms with E-state index >= 15 is 0 Å². The van der Waals surface area contributed by atoms with Crippen LogP contribution in [-0.4, -0.2) is 37.1 Å². The number of nitrogens with zero attached hydrogens (tertiary/aromatic N) is 5. The predicted molar refractivity (Wildman–Crippen MR) is 119 cm³/mol. The van der Waals surface area contributed by atoms with Crippen molar-refractivity contribution in [1.29, 1.82) is 0 Å². The van der Waals surface area contributed by atoms with E-state index in [1.54, 1.807) is 18.6 Å². The summed E-state index contributed by atoms with van der Waals surface area (Å²) in [6.07, 6.45) is 9.03. The number of pyridine rings is 1. The van der Waals surface area contributed by atoms with Crippen molar-refractivity contribution in [3.05, 3.63) is 60.6 Å². The number of fused-ring (bicyclic) bond motifs is 1. The first-order valence-corrected chi connectivity index (χ1v) is 10.5. The average molecular weight is 400 g/mol. The molecule has 0 bridgehead atoms. The summed E-state index contributed by atoms with van der Waals surface area (Å²) in [5.41, 5.74) is 4.93. The molecule has 5 rings (SSSR count). The fourth-order valence-corrected chi connectivity index (χ4v) is 3.59. The molecule has 2 N–H and O–H groups in total. The van der Waals surface area contributed by atoms with E-state index in [-0.39, 0.29) is 0 Å². The molecule has 30 heavy (non-hydrogen) atoms. The van der Waals surface area contributed by atoms with Crippen molar-refractivity contribution in [2.75, 3.05) is 11.9 Å². The number of aryl methyl sites for hydroxylation is 1. The Balaban J connectivity index is 1.34. The summed E-state index contributed by atoms with van der Waals surface area (Å²) in [5.74, 6) is 1.45. The van der Waals surface area contributed by atoms with Gasteiger partial charge >= 0.3 is 0 Å². The smallest absolute Gasteiger partial charge is 0.229 e. The number of aromatic nitrogens is 5. The third-order valence-corrected chi connectivity index (χ3v) is 5.38. The van der Waals surface area contributed by atoms with Gasteiger partial charge < -0.3 is 15.2 Å². The third kappa shape index (κ3) is 4.02. The number of rotatable bonds is 8. The summed E-state index contributed by atoms with van der Waals surface area (Å²) in [6, 6.07) is 13.2. The number of nitrogens with one attached hydrogen (secondary N) is 2. The van der Waals surface area contributed by atoms with Crippen LogP contribution in [0.3, 0.4) is 0 Å². The lowest BCUT2D eigenvalue weighted by molar-refractivity contribution is 0.682. The van der Waals surface area contributed by atoms with E-state index in [0.29, 0.717) is 5.95 Å². The minimum Gasteiger partial charge on any atom is -0.324 e. The molecule has 1 aliphatic carbocycles. The van der Waals surface area contributed by atoms with Crippen molar-refractivity contribution in [2.45, 2.75) is 38.8 Å². The zero-order valence-electron chi connectivity index (χ0n) is 17.0. The van der Waals surface area contributed by atoms with Crippen LogP contribution in [0.1, 0.15) is 25.3 Å². The van der Waals surface area contributed by atoms with E-state index in [4.69, 9.17) is 9.97 Å². The summed E-state index contributed by atoms with van der Waals surface area (Å²) >= 11 is 0. The Hall–Kier alpha value is -3.32. The van der Waals surface area contributed by atoms with Gasteiger partial charge in [-0.25, -0.2) is 9.97 Å². The van der Waals surface area contributed by atoms with E-state index in [1.807, 2.05) is 12.1 Å². The predicted octanol–water partition coefficient (Wildman–Crippen LogP) is 3.95. The number of benzene rings is 1. The van der Waals surface area contributed by atoms with Crippen LogP contribution in [0.2, 0.25) is 0 Å². The van der Waals surface area contributed by atoms with Crippen LogP contribution >= 0.6 is 0 Å². The summed E-state index contributed by atoms with van der Waals surface area (Å²) in [5, 5.41) is 6.87. The molecule has 0 saturated heterocycles. The van der Waals surface area contributed by atoms with Gasteiger partial charge in [0, 0.05) is 36.2 Å². The first-order chi connectivity index (χ1) is 14.8. The second-order valence-corrected chi connectivity index (χ2v) is 7.62. The molecule has 0 aliphatic heterocycles. The summed E-state index contributed by atoms with van der Waals surface area (Å²) < 4.78 is 2.10. The largest absolute Gasteiger partial charge is 0.324 e. The van der Waals surface area contributed by atoms with Crippen LogP contribution in [-0.2, 0) is 13.0 Å². The fourth-order valence-electron chi connectivity index (χ4n) is 3.59. The Morgan fingerprint density at radius 1 is 1.03 bits per heavy atom. The molecule has 3 heterocycles. The van der Waals surface area contributed by atoms with E-state index in [0.717, 1.165) is 53.8 Å². The van der Waals surface area contributed by atoms with E-state index in [2.05, 4.69) is 56.4 Å². The molecule has 7 heteroatoms. The topological polar surface area (TPSA) is 80.5 Å². The molecule has 1 aliphatic rings. The highest BCUT2D eigenvalue weighted by Gasteiger charge is 2.19. The highest BCUT2D eigenvalue weighted by atomic mass is 15.2. The molecule has 152 valence electrons. The van der Waals surface area contributed by atoms with Gasteiger partial charge in [0.2, 0.25) is 5.95 Å². The van der Waals surface area contributed by atoms with Gasteiger partial charge in [0.25, 0.3) is 0 Å². The Kier molecular flexibility index (Phi) is 5.11. The van der Waals surface area contributed by atoms with Gasteiger partial charge in [0.1, 0.15) is 11.3 Å². The summed E-state index contributed by atoms with van der Waals surface area (Å²) in [7, 11) is 0. The molecular formula is C23H25N7. The normalized spacial score (nSPS) is 13.6. The maximum Gasteiger partial charge on any atom is 0.229 e. The highest BCUT2D eigenvalue weighted by Crippen LogP contribution is 2.24. The standard InChI is InChI=1S/C23H25N7/c1-2-30-21(17-10-12-24-13-11-17)28-20-15-26-23(29-22(20)30)27-19-5-3-16(4-6-19)9-14-25-18-7-8-18/h3-6,10-13,15,18,25H,2,7-9,14H2,1H3,(H,26,27,29). The number of imidazole rings is 1. The molecule has 7 nitrogen and oxygen atoms in total. The van der Waals surface area contributed by atoms with Gasteiger partial charge in [-0.05, 0) is 62.6 Å². The van der Waals surface area contributed by atoms with Crippen molar-refractivity contribution < 1.29 is 0 Å². The van der Waals surface area contributed by atoms with Gasteiger partial charge in [-0.1, -0.05) is 12.1 Å². The third-order valence-electron chi connectivity index (χ3n) is 5.38.